The van der Waals surface area contributed by atoms with E-state index in [1.54, 1.807) is 6.07 Å². The summed E-state index contributed by atoms with van der Waals surface area (Å²) in [6.07, 6.45) is 15.9. The Kier molecular flexibility index (Phi) is 12.4. The lowest BCUT2D eigenvalue weighted by atomic mass is 9.64. The van der Waals surface area contributed by atoms with Gasteiger partial charge in [-0.1, -0.05) is 18.3 Å². The van der Waals surface area contributed by atoms with Crippen molar-refractivity contribution in [1.82, 2.24) is 15.6 Å². The molecular formula is C45H60N4O6. The normalized spacial score (nSPS) is 30.1. The minimum atomic E-state index is -1.13. The number of phenols is 1. The number of allylic oxidation sites excluding steroid dienone is 2. The number of Topliss-reactive ketones (excluding diaryl/α,β-unsaturated/α-hetero) is 2. The van der Waals surface area contributed by atoms with Gasteiger partial charge in [-0.2, -0.15) is 0 Å². The number of carbonyl (C=O) groups excluding carboxylic acids is 2. The van der Waals surface area contributed by atoms with E-state index in [9.17, 15) is 24.9 Å². The molecule has 3 aliphatic carbocycles. The number of nitrogens with two attached hydrogens (primary N) is 1. The molecule has 3 heterocycles. The predicted octanol–water partition coefficient (Wildman–Crippen LogP) is 5.47. The number of piperidine rings is 1. The molecule has 3 fully saturated rings. The number of dihydropyridines is 1. The van der Waals surface area contributed by atoms with Crippen LogP contribution in [0.2, 0.25) is 0 Å². The first kappa shape index (κ1) is 39.2. The van der Waals surface area contributed by atoms with Crippen LogP contribution in [0.1, 0.15) is 112 Å². The van der Waals surface area contributed by atoms with Crippen molar-refractivity contribution >= 4 is 11.6 Å². The van der Waals surface area contributed by atoms with Gasteiger partial charge in [0.25, 0.3) is 0 Å². The summed E-state index contributed by atoms with van der Waals surface area (Å²) in [5, 5.41) is 40.9. The summed E-state index contributed by atoms with van der Waals surface area (Å²) in [6, 6.07) is 5.94. The molecule has 10 heteroatoms. The summed E-state index contributed by atoms with van der Waals surface area (Å²) in [5.41, 5.74) is 10.4. The number of aryl methyl sites for hydroxylation is 1. The number of aromatic amines is 1. The average molecular weight is 753 g/mol. The zero-order chi connectivity index (χ0) is 38.5. The van der Waals surface area contributed by atoms with Crippen molar-refractivity contribution < 1.29 is 29.6 Å². The SMILES string of the molecule is COc1cc2c(cc1O)C(CCC(O)CCC1=C(Cc3cc[nH]c3)CNC(N)=C1)C#CC1(CCC(CCC3CNC4CC(=O)CCC4C3)CC1O)C(=O)CC2. The molecule has 1 aromatic heterocycles. The number of aromatic hydroxyl groups is 1. The fourth-order valence-corrected chi connectivity index (χ4v) is 10.1. The van der Waals surface area contributed by atoms with Gasteiger partial charge in [-0.05, 0) is 153 Å². The second-order valence-corrected chi connectivity index (χ2v) is 17.1. The zero-order valence-electron chi connectivity index (χ0n) is 32.4. The number of H-pyrrole nitrogens is 1. The third-order valence-corrected chi connectivity index (χ3v) is 13.5. The second kappa shape index (κ2) is 17.4. The number of hydrogen-bond donors (Lipinski definition) is 7. The Balaban J connectivity index is 1.03. The number of nitrogens with one attached hydrogen (secondary N) is 3. The van der Waals surface area contributed by atoms with E-state index in [1.807, 2.05) is 24.5 Å². The van der Waals surface area contributed by atoms with Gasteiger partial charge in [-0.25, -0.2) is 0 Å². The largest absolute Gasteiger partial charge is 0.504 e. The standard InChI is InChI=1S/C45H60N4O6/c1-55-41-21-33-7-11-42(53)45(15-12-28(20-43(45)54)2-3-29-18-34-6-10-37(51)23-39(34)48-26-29)16-13-31(38(33)24-40(41)52)4-8-36(50)9-5-32-22-44(46)49-27-35(32)19-30-14-17-47-25-30/h14,17,21-22,24-25,28-29,31,34,36,39,43,47-50,52,54H,2-12,15,18-20,23,26-27,46H2,1H3. The van der Waals surface area contributed by atoms with Crippen molar-refractivity contribution in [3.63, 3.8) is 0 Å². The van der Waals surface area contributed by atoms with Crippen LogP contribution in [0.25, 0.3) is 0 Å². The smallest absolute Gasteiger partial charge is 0.160 e. The summed E-state index contributed by atoms with van der Waals surface area (Å²) >= 11 is 0. The summed E-state index contributed by atoms with van der Waals surface area (Å²) in [7, 11) is 1.52. The summed E-state index contributed by atoms with van der Waals surface area (Å²) in [5.74, 6) is 9.38. The number of phenolic OH excluding ortho intramolecular Hbond substituents is 1. The fourth-order valence-electron chi connectivity index (χ4n) is 10.1. The Morgan fingerprint density at radius 2 is 1.93 bits per heavy atom. The molecule has 2 saturated carbocycles. The number of carbonyl (C=O) groups is 2. The first-order chi connectivity index (χ1) is 26.6. The van der Waals surface area contributed by atoms with Gasteiger partial charge in [0, 0.05) is 50.2 Å². The molecule has 1 spiro atoms. The number of rotatable bonds is 12. The topological polar surface area (TPSA) is 170 Å². The molecule has 8 unspecified atom stereocenters. The summed E-state index contributed by atoms with van der Waals surface area (Å²) in [4.78, 5) is 29.2. The van der Waals surface area contributed by atoms with E-state index in [-0.39, 0.29) is 23.9 Å². The third kappa shape index (κ3) is 9.17. The molecule has 7 rings (SSSR count). The Hall–Kier alpha value is -4.04. The van der Waals surface area contributed by atoms with E-state index >= 15 is 0 Å². The lowest BCUT2D eigenvalue weighted by Crippen LogP contribution is -2.49. The maximum Gasteiger partial charge on any atom is 0.160 e. The van der Waals surface area contributed by atoms with Gasteiger partial charge in [0.05, 0.1) is 25.1 Å². The van der Waals surface area contributed by atoms with Crippen LogP contribution < -0.4 is 21.1 Å². The van der Waals surface area contributed by atoms with Crippen LogP contribution in [0.3, 0.4) is 0 Å². The average Bonchev–Trinajstić information content (AvgIpc) is 3.71. The van der Waals surface area contributed by atoms with Gasteiger partial charge in [0.1, 0.15) is 11.2 Å². The van der Waals surface area contributed by atoms with Crippen molar-refractivity contribution in [2.75, 3.05) is 20.2 Å². The summed E-state index contributed by atoms with van der Waals surface area (Å²) < 4.78 is 5.46. The van der Waals surface area contributed by atoms with Crippen LogP contribution in [0.4, 0.5) is 0 Å². The van der Waals surface area contributed by atoms with Crippen LogP contribution in [-0.2, 0) is 22.4 Å². The Morgan fingerprint density at radius 1 is 1.07 bits per heavy atom. The number of aromatic nitrogens is 1. The van der Waals surface area contributed by atoms with E-state index < -0.39 is 17.6 Å². The van der Waals surface area contributed by atoms with E-state index in [4.69, 9.17) is 10.5 Å². The highest BCUT2D eigenvalue weighted by molar-refractivity contribution is 5.89. The highest BCUT2D eigenvalue weighted by Gasteiger charge is 2.47. The number of hydrogen-bond acceptors (Lipinski definition) is 9. The van der Waals surface area contributed by atoms with Crippen molar-refractivity contribution in [1.29, 1.82) is 0 Å². The molecule has 8 N–H and O–H groups in total. The molecule has 0 radical (unpaired) electrons. The predicted molar refractivity (Wildman–Crippen MR) is 212 cm³/mol. The molecule has 8 atom stereocenters. The van der Waals surface area contributed by atoms with Crippen molar-refractivity contribution in [3.8, 4) is 23.3 Å². The van der Waals surface area contributed by atoms with Crippen molar-refractivity contribution in [3.05, 3.63) is 70.3 Å². The molecule has 0 bridgehead atoms. The second-order valence-electron chi connectivity index (χ2n) is 17.1. The maximum atomic E-state index is 14.1. The number of ether oxygens (including phenoxy) is 1. The molecule has 1 saturated heterocycles. The number of fused-ring (bicyclic) bond motifs is 2. The molecule has 1 aromatic carbocycles. The molecular weight excluding hydrogens is 693 g/mol. The van der Waals surface area contributed by atoms with Gasteiger partial charge < -0.3 is 41.4 Å². The van der Waals surface area contributed by atoms with Crippen molar-refractivity contribution in [2.45, 2.75) is 127 Å². The summed E-state index contributed by atoms with van der Waals surface area (Å²) in [6.45, 7) is 1.63. The molecule has 296 valence electrons. The van der Waals surface area contributed by atoms with E-state index in [0.29, 0.717) is 105 Å². The van der Waals surface area contributed by atoms with Crippen molar-refractivity contribution in [2.24, 2.45) is 28.9 Å². The fraction of sp³-hybridized carbons (Fsp3) is 0.600. The Labute approximate surface area is 325 Å². The molecule has 2 aromatic rings. The van der Waals surface area contributed by atoms with E-state index in [0.717, 1.165) is 55.3 Å². The van der Waals surface area contributed by atoms with Gasteiger partial charge in [-0.15, -0.1) is 0 Å². The monoisotopic (exact) mass is 752 g/mol. The first-order valence-electron chi connectivity index (χ1n) is 20.7. The van der Waals surface area contributed by atoms with Crippen LogP contribution >= 0.6 is 0 Å². The van der Waals surface area contributed by atoms with Gasteiger partial charge in [0.2, 0.25) is 0 Å². The number of aliphatic hydroxyl groups excluding tert-OH is 2. The molecule has 5 aliphatic rings. The van der Waals surface area contributed by atoms with E-state index in [1.165, 1.54) is 24.7 Å². The molecule has 0 amide bonds. The zero-order valence-corrected chi connectivity index (χ0v) is 32.4. The number of aliphatic hydroxyl groups is 2. The quantitative estimate of drug-likeness (QED) is 0.139. The van der Waals surface area contributed by atoms with Crippen LogP contribution in [0.5, 0.6) is 11.5 Å². The number of benzene rings is 1. The highest BCUT2D eigenvalue weighted by atomic mass is 16.5. The Bertz CT molecular complexity index is 1820. The minimum Gasteiger partial charge on any atom is -0.504 e. The minimum absolute atomic E-state index is 0.0167. The molecule has 10 nitrogen and oxygen atoms in total. The van der Waals surface area contributed by atoms with Gasteiger partial charge >= 0.3 is 0 Å². The molecule has 55 heavy (non-hydrogen) atoms. The lowest BCUT2D eigenvalue weighted by molar-refractivity contribution is -0.134. The van der Waals surface area contributed by atoms with Crippen LogP contribution in [0.15, 0.2) is 53.6 Å². The maximum absolute atomic E-state index is 14.1. The highest BCUT2D eigenvalue weighted by Crippen LogP contribution is 2.45. The van der Waals surface area contributed by atoms with Gasteiger partial charge in [-0.3, -0.25) is 9.59 Å². The Morgan fingerprint density at radius 3 is 2.73 bits per heavy atom. The molecule has 2 aliphatic heterocycles. The van der Waals surface area contributed by atoms with Gasteiger partial charge in [0.15, 0.2) is 17.3 Å². The number of methoxy groups -OCH3 is 1. The van der Waals surface area contributed by atoms with Crippen LogP contribution in [-0.4, -0.2) is 70.3 Å². The van der Waals surface area contributed by atoms with E-state index in [2.05, 4.69) is 33.5 Å². The third-order valence-electron chi connectivity index (χ3n) is 13.5. The van der Waals surface area contributed by atoms with Crippen LogP contribution in [0, 0.1) is 35.0 Å². The lowest BCUT2D eigenvalue weighted by Gasteiger charge is -2.42. The number of ketones is 2. The first-order valence-corrected chi connectivity index (χ1v) is 20.7.